The second-order valence-corrected chi connectivity index (χ2v) is 14.0. The summed E-state index contributed by atoms with van der Waals surface area (Å²) in [5.41, 5.74) is 7.26. The molecule has 10 rings (SSSR count). The van der Waals surface area contributed by atoms with Gasteiger partial charge >= 0.3 is 0 Å². The van der Waals surface area contributed by atoms with Crippen LogP contribution in [0.4, 0.5) is 15.8 Å². The highest BCUT2D eigenvalue weighted by atomic mass is 19.1. The van der Waals surface area contributed by atoms with E-state index in [1.54, 1.807) is 22.9 Å². The first-order valence-electron chi connectivity index (χ1n) is 17.9. The number of hydrogen-bond acceptors (Lipinski definition) is 7. The van der Waals surface area contributed by atoms with Crippen LogP contribution in [0, 0.1) is 5.82 Å². The lowest BCUT2D eigenvalue weighted by Gasteiger charge is -2.35. The van der Waals surface area contributed by atoms with Crippen LogP contribution >= 0.6 is 0 Å². The maximum Gasteiger partial charge on any atom is 0.279 e. The van der Waals surface area contributed by atoms with Crippen LogP contribution in [0.1, 0.15) is 57.9 Å². The standard InChI is InChI=1S/C43H34FN7O2/c44-29-18-16-26(17-19-29)36-39(46-34-13-6-10-30-37(34)41(36)47-48-42(30)52)27-14-15-28(24-50-20-4-5-21-50)35(22-27)51-43(53)31-11-7-12-33-38(31)40(49-51)32(23-45-33)25-8-2-1-3-9-25/h1-4,6-20,22,32,36,39,45-46H,5,21,23-24H2,(H,48,52). The molecule has 3 aliphatic heterocycles. The Labute approximate surface area is 303 Å². The van der Waals surface area contributed by atoms with E-state index in [4.69, 9.17) is 5.10 Å². The number of rotatable bonds is 6. The van der Waals surface area contributed by atoms with Gasteiger partial charge in [0.25, 0.3) is 11.1 Å². The van der Waals surface area contributed by atoms with Gasteiger partial charge in [0, 0.05) is 47.7 Å². The number of benzene rings is 5. The highest BCUT2D eigenvalue weighted by Crippen LogP contribution is 2.47. The van der Waals surface area contributed by atoms with Crippen LogP contribution in [-0.2, 0) is 6.54 Å². The first-order valence-corrected chi connectivity index (χ1v) is 17.9. The normalized spacial score (nSPS) is 18.7. The molecule has 0 amide bonds. The fourth-order valence-corrected chi connectivity index (χ4v) is 8.44. The Morgan fingerprint density at radius 3 is 2.36 bits per heavy atom. The molecule has 3 atom stereocenters. The summed E-state index contributed by atoms with van der Waals surface area (Å²) in [6.45, 7) is 2.14. The van der Waals surface area contributed by atoms with E-state index < -0.39 is 5.92 Å². The zero-order chi connectivity index (χ0) is 35.6. The van der Waals surface area contributed by atoms with Gasteiger partial charge in [-0.15, -0.1) is 0 Å². The SMILES string of the molecule is O=c1[nH]nc2c3c(cccc13)NC(c1ccc(CN3C=CCC3)c(-n3nc4c5c(cccc5c3=O)NCC4c3ccccc3)c1)C2c1ccc(F)cc1. The van der Waals surface area contributed by atoms with Crippen molar-refractivity contribution in [3.8, 4) is 5.69 Å². The number of aromatic nitrogens is 4. The van der Waals surface area contributed by atoms with Crippen LogP contribution in [-0.4, -0.2) is 38.0 Å². The number of nitrogens with zero attached hydrogens (tertiary/aromatic N) is 4. The number of aromatic amines is 1. The fraction of sp³-hybridized carbons (Fsp3) is 0.163. The molecule has 3 aliphatic rings. The van der Waals surface area contributed by atoms with Gasteiger partial charge in [0.15, 0.2) is 0 Å². The van der Waals surface area contributed by atoms with Gasteiger partial charge in [-0.3, -0.25) is 9.59 Å². The second-order valence-electron chi connectivity index (χ2n) is 14.0. The predicted molar refractivity (Wildman–Crippen MR) is 205 cm³/mol. The first-order chi connectivity index (χ1) is 26.0. The molecule has 10 heteroatoms. The van der Waals surface area contributed by atoms with E-state index in [2.05, 4.69) is 68.3 Å². The molecule has 2 aromatic heterocycles. The minimum atomic E-state index is -0.399. The number of anilines is 2. The maximum atomic E-state index is 14.7. The zero-order valence-electron chi connectivity index (χ0n) is 28.6. The first kappa shape index (κ1) is 31.2. The Morgan fingerprint density at radius 1 is 0.774 bits per heavy atom. The molecule has 0 aliphatic carbocycles. The van der Waals surface area contributed by atoms with Gasteiger partial charge in [-0.1, -0.05) is 72.8 Å². The van der Waals surface area contributed by atoms with E-state index in [0.717, 1.165) is 63.1 Å². The molecule has 0 bridgehead atoms. The average Bonchev–Trinajstić information content (AvgIpc) is 3.71. The number of nitrogens with one attached hydrogen (secondary N) is 3. The van der Waals surface area contributed by atoms with Crippen LogP contribution in [0.3, 0.4) is 0 Å². The van der Waals surface area contributed by atoms with Crippen molar-refractivity contribution < 1.29 is 4.39 Å². The van der Waals surface area contributed by atoms with Gasteiger partial charge in [0.1, 0.15) is 5.82 Å². The lowest BCUT2D eigenvalue weighted by atomic mass is 9.79. The van der Waals surface area contributed by atoms with Crippen molar-refractivity contribution in [1.82, 2.24) is 24.9 Å². The van der Waals surface area contributed by atoms with Crippen LogP contribution in [0.2, 0.25) is 0 Å². The largest absolute Gasteiger partial charge is 0.383 e. The van der Waals surface area contributed by atoms with E-state index >= 15 is 0 Å². The molecule has 0 saturated heterocycles. The Kier molecular flexibility index (Phi) is 7.24. The van der Waals surface area contributed by atoms with Crippen molar-refractivity contribution >= 4 is 32.9 Å². The molecule has 5 aromatic carbocycles. The van der Waals surface area contributed by atoms with E-state index in [1.807, 2.05) is 48.5 Å². The predicted octanol–water partition coefficient (Wildman–Crippen LogP) is 7.34. The molecule has 53 heavy (non-hydrogen) atoms. The minimum absolute atomic E-state index is 0.0679. The van der Waals surface area contributed by atoms with Gasteiger partial charge in [0.05, 0.1) is 39.8 Å². The van der Waals surface area contributed by atoms with E-state index in [-0.39, 0.29) is 28.9 Å². The van der Waals surface area contributed by atoms with Crippen molar-refractivity contribution in [2.45, 2.75) is 30.8 Å². The van der Waals surface area contributed by atoms with Gasteiger partial charge in [-0.25, -0.2) is 9.49 Å². The Balaban J connectivity index is 1.20. The summed E-state index contributed by atoms with van der Waals surface area (Å²) < 4.78 is 15.9. The molecular weight excluding hydrogens is 666 g/mol. The lowest BCUT2D eigenvalue weighted by molar-refractivity contribution is 0.399. The quantitative estimate of drug-likeness (QED) is 0.167. The van der Waals surface area contributed by atoms with Crippen molar-refractivity contribution in [2.24, 2.45) is 0 Å². The summed E-state index contributed by atoms with van der Waals surface area (Å²) in [6, 6.07) is 34.0. The highest BCUT2D eigenvalue weighted by molar-refractivity contribution is 5.98. The zero-order valence-corrected chi connectivity index (χ0v) is 28.6. The minimum Gasteiger partial charge on any atom is -0.383 e. The monoisotopic (exact) mass is 699 g/mol. The fourth-order valence-electron chi connectivity index (χ4n) is 8.44. The Hall–Kier alpha value is -6.55. The summed E-state index contributed by atoms with van der Waals surface area (Å²) in [6.07, 6.45) is 5.23. The maximum absolute atomic E-state index is 14.7. The van der Waals surface area contributed by atoms with Crippen molar-refractivity contribution in [1.29, 1.82) is 0 Å². The molecule has 260 valence electrons. The summed E-state index contributed by atoms with van der Waals surface area (Å²) in [5.74, 6) is -0.806. The molecule has 0 saturated carbocycles. The van der Waals surface area contributed by atoms with Crippen molar-refractivity contribution in [3.05, 3.63) is 182 Å². The third-order valence-corrected chi connectivity index (χ3v) is 11.0. The van der Waals surface area contributed by atoms with Crippen LogP contribution in [0.5, 0.6) is 0 Å². The average molecular weight is 700 g/mol. The topological polar surface area (TPSA) is 108 Å². The molecule has 3 unspecified atom stereocenters. The second kappa shape index (κ2) is 12.3. The van der Waals surface area contributed by atoms with E-state index in [1.165, 1.54) is 12.1 Å². The van der Waals surface area contributed by atoms with Gasteiger partial charge in [-0.2, -0.15) is 14.9 Å². The third kappa shape index (κ3) is 5.12. The number of H-pyrrole nitrogens is 1. The molecule has 0 spiro atoms. The molecule has 3 N–H and O–H groups in total. The van der Waals surface area contributed by atoms with Gasteiger partial charge in [-0.05, 0) is 77.3 Å². The van der Waals surface area contributed by atoms with E-state index in [9.17, 15) is 14.0 Å². The summed E-state index contributed by atoms with van der Waals surface area (Å²) in [5, 5.41) is 22.6. The van der Waals surface area contributed by atoms with Crippen molar-refractivity contribution in [2.75, 3.05) is 23.7 Å². The van der Waals surface area contributed by atoms with Gasteiger partial charge in [0.2, 0.25) is 0 Å². The summed E-state index contributed by atoms with van der Waals surface area (Å²) in [4.78, 5) is 29.8. The molecule has 0 fully saturated rings. The highest BCUT2D eigenvalue weighted by Gasteiger charge is 2.36. The van der Waals surface area contributed by atoms with Gasteiger partial charge < -0.3 is 15.5 Å². The number of halogens is 1. The van der Waals surface area contributed by atoms with E-state index in [0.29, 0.717) is 35.2 Å². The summed E-state index contributed by atoms with van der Waals surface area (Å²) in [7, 11) is 0. The van der Waals surface area contributed by atoms with Crippen LogP contribution < -0.4 is 21.8 Å². The molecular formula is C43H34FN7O2. The Morgan fingerprint density at radius 2 is 1.55 bits per heavy atom. The number of hydrogen-bond donors (Lipinski definition) is 3. The smallest absolute Gasteiger partial charge is 0.279 e. The molecule has 9 nitrogen and oxygen atoms in total. The van der Waals surface area contributed by atoms with Crippen molar-refractivity contribution in [3.63, 3.8) is 0 Å². The lowest BCUT2D eigenvalue weighted by Crippen LogP contribution is -2.31. The summed E-state index contributed by atoms with van der Waals surface area (Å²) >= 11 is 0. The molecule has 0 radical (unpaired) electrons. The third-order valence-electron chi connectivity index (χ3n) is 11.0. The molecule has 7 aromatic rings. The van der Waals surface area contributed by atoms with Crippen LogP contribution in [0.15, 0.2) is 131 Å². The molecule has 5 heterocycles. The van der Waals surface area contributed by atoms with Crippen LogP contribution in [0.25, 0.3) is 27.2 Å². The Bertz CT molecular complexity index is 2720.